The first-order valence-corrected chi connectivity index (χ1v) is 9.60. The SMILES string of the molecule is CCOP(C)(=O)Cc1csc2ccc(I)cc12. The number of halogens is 1. The minimum absolute atomic E-state index is 0.507. The molecule has 0 fully saturated rings. The van der Waals surface area contributed by atoms with Crippen LogP contribution in [0.3, 0.4) is 0 Å². The molecule has 5 heteroatoms. The van der Waals surface area contributed by atoms with Crippen LogP contribution in [0.1, 0.15) is 12.5 Å². The van der Waals surface area contributed by atoms with Crippen LogP contribution in [0, 0.1) is 3.57 Å². The highest BCUT2D eigenvalue weighted by molar-refractivity contribution is 14.1. The molecule has 0 aliphatic rings. The Balaban J connectivity index is 2.36. The lowest BCUT2D eigenvalue weighted by molar-refractivity contribution is 0.336. The average Bonchev–Trinajstić information content (AvgIpc) is 2.60. The molecule has 2 rings (SSSR count). The van der Waals surface area contributed by atoms with Crippen LogP contribution < -0.4 is 0 Å². The van der Waals surface area contributed by atoms with Gasteiger partial charge in [-0.15, -0.1) is 11.3 Å². The van der Waals surface area contributed by atoms with Crippen molar-refractivity contribution in [2.75, 3.05) is 13.3 Å². The summed E-state index contributed by atoms with van der Waals surface area (Å²) in [6, 6.07) is 6.36. The summed E-state index contributed by atoms with van der Waals surface area (Å²) in [5.74, 6) is 0. The van der Waals surface area contributed by atoms with Gasteiger partial charge in [0.25, 0.3) is 0 Å². The molecule has 1 atom stereocenters. The molecule has 0 saturated heterocycles. The molecular weight excluding hydrogens is 366 g/mol. The van der Waals surface area contributed by atoms with E-state index in [0.717, 1.165) is 5.56 Å². The summed E-state index contributed by atoms with van der Waals surface area (Å²) in [5, 5.41) is 3.30. The first-order chi connectivity index (χ1) is 8.02. The van der Waals surface area contributed by atoms with E-state index in [4.69, 9.17) is 4.52 Å². The number of thiophene rings is 1. The number of fused-ring (bicyclic) bond motifs is 1. The van der Waals surface area contributed by atoms with E-state index in [1.807, 2.05) is 6.92 Å². The minimum Gasteiger partial charge on any atom is -0.329 e. The van der Waals surface area contributed by atoms with Gasteiger partial charge in [-0.25, -0.2) is 0 Å². The van der Waals surface area contributed by atoms with Crippen LogP contribution in [-0.4, -0.2) is 13.3 Å². The van der Waals surface area contributed by atoms with Gasteiger partial charge in [0.15, 0.2) is 0 Å². The van der Waals surface area contributed by atoms with Crippen molar-refractivity contribution in [1.29, 1.82) is 0 Å². The van der Waals surface area contributed by atoms with Crippen LogP contribution in [0.5, 0.6) is 0 Å². The Labute approximate surface area is 119 Å². The molecule has 1 aromatic heterocycles. The van der Waals surface area contributed by atoms with Crippen LogP contribution in [0.15, 0.2) is 23.6 Å². The van der Waals surface area contributed by atoms with E-state index in [0.29, 0.717) is 12.8 Å². The van der Waals surface area contributed by atoms with Crippen molar-refractivity contribution in [3.63, 3.8) is 0 Å². The van der Waals surface area contributed by atoms with Gasteiger partial charge in [-0.3, -0.25) is 4.57 Å². The molecule has 0 saturated carbocycles. The van der Waals surface area contributed by atoms with Gasteiger partial charge >= 0.3 is 0 Å². The van der Waals surface area contributed by atoms with Gasteiger partial charge in [-0.1, -0.05) is 0 Å². The summed E-state index contributed by atoms with van der Waals surface area (Å²) >= 11 is 4.00. The lowest BCUT2D eigenvalue weighted by atomic mass is 10.2. The molecule has 17 heavy (non-hydrogen) atoms. The predicted molar refractivity (Wildman–Crippen MR) is 83.4 cm³/mol. The van der Waals surface area contributed by atoms with Crippen LogP contribution in [-0.2, 0) is 15.3 Å². The van der Waals surface area contributed by atoms with Gasteiger partial charge in [0.2, 0.25) is 7.37 Å². The zero-order chi connectivity index (χ0) is 12.5. The van der Waals surface area contributed by atoms with Crippen molar-refractivity contribution in [1.82, 2.24) is 0 Å². The summed E-state index contributed by atoms with van der Waals surface area (Å²) in [7, 11) is -2.50. The van der Waals surface area contributed by atoms with E-state index in [9.17, 15) is 4.57 Å². The molecule has 0 N–H and O–H groups in total. The van der Waals surface area contributed by atoms with Crippen molar-refractivity contribution < 1.29 is 9.09 Å². The lowest BCUT2D eigenvalue weighted by Gasteiger charge is -2.11. The smallest absolute Gasteiger partial charge is 0.204 e. The van der Waals surface area contributed by atoms with Gasteiger partial charge < -0.3 is 4.52 Å². The van der Waals surface area contributed by atoms with E-state index in [1.54, 1.807) is 18.0 Å². The molecule has 2 aromatic rings. The van der Waals surface area contributed by atoms with E-state index >= 15 is 0 Å². The Morgan fingerprint density at radius 1 is 1.47 bits per heavy atom. The largest absolute Gasteiger partial charge is 0.329 e. The standard InChI is InChI=1S/C12H14IO2PS/c1-3-15-16(2,14)7-9-8-17-12-5-4-10(13)6-11(9)12/h4-6,8H,3,7H2,1-2H3. The van der Waals surface area contributed by atoms with Gasteiger partial charge in [0.05, 0.1) is 12.8 Å². The second-order valence-electron chi connectivity index (χ2n) is 3.99. The summed E-state index contributed by atoms with van der Waals surface area (Å²) in [5.41, 5.74) is 1.14. The minimum atomic E-state index is -2.50. The number of hydrogen-bond acceptors (Lipinski definition) is 3. The first-order valence-electron chi connectivity index (χ1n) is 5.38. The van der Waals surface area contributed by atoms with Gasteiger partial charge in [0.1, 0.15) is 0 Å². The van der Waals surface area contributed by atoms with E-state index in [-0.39, 0.29) is 0 Å². The Morgan fingerprint density at radius 3 is 2.94 bits per heavy atom. The fraction of sp³-hybridized carbons (Fsp3) is 0.333. The Kier molecular flexibility index (Phi) is 4.29. The van der Waals surface area contributed by atoms with Crippen molar-refractivity contribution in [3.05, 3.63) is 32.7 Å². The topological polar surface area (TPSA) is 26.3 Å². The maximum absolute atomic E-state index is 12.2. The summed E-state index contributed by atoms with van der Waals surface area (Å²) in [4.78, 5) is 0. The Morgan fingerprint density at radius 2 is 2.24 bits per heavy atom. The number of rotatable bonds is 4. The molecule has 2 nitrogen and oxygen atoms in total. The molecule has 0 aliphatic heterocycles. The third-order valence-corrected chi connectivity index (χ3v) is 5.88. The second kappa shape index (κ2) is 5.39. The fourth-order valence-corrected chi connectivity index (χ4v) is 4.88. The molecule has 0 spiro atoms. The Bertz CT molecular complexity index is 579. The molecule has 1 heterocycles. The highest BCUT2D eigenvalue weighted by atomic mass is 127. The van der Waals surface area contributed by atoms with E-state index < -0.39 is 7.37 Å². The quantitative estimate of drug-likeness (QED) is 0.554. The van der Waals surface area contributed by atoms with Crippen molar-refractivity contribution in [2.45, 2.75) is 13.1 Å². The van der Waals surface area contributed by atoms with Gasteiger partial charge in [0, 0.05) is 14.9 Å². The molecule has 0 aliphatic carbocycles. The highest BCUT2D eigenvalue weighted by Gasteiger charge is 2.18. The maximum atomic E-state index is 12.2. The Hall–Kier alpha value is 0.100. The van der Waals surface area contributed by atoms with Crippen LogP contribution in [0.25, 0.3) is 10.1 Å². The molecule has 0 amide bonds. The lowest BCUT2D eigenvalue weighted by Crippen LogP contribution is -1.92. The highest BCUT2D eigenvalue weighted by Crippen LogP contribution is 2.48. The molecule has 0 bridgehead atoms. The van der Waals surface area contributed by atoms with Crippen molar-refractivity contribution in [2.24, 2.45) is 0 Å². The molecule has 1 aromatic carbocycles. The average molecular weight is 380 g/mol. The van der Waals surface area contributed by atoms with Crippen LogP contribution >= 0.6 is 41.3 Å². The first kappa shape index (κ1) is 13.5. The third-order valence-electron chi connectivity index (χ3n) is 2.48. The van der Waals surface area contributed by atoms with Crippen LogP contribution in [0.2, 0.25) is 0 Å². The fourth-order valence-electron chi connectivity index (χ4n) is 1.80. The number of benzene rings is 1. The summed E-state index contributed by atoms with van der Waals surface area (Å²) in [6.45, 7) is 4.10. The summed E-state index contributed by atoms with van der Waals surface area (Å²) < 4.78 is 20.0. The van der Waals surface area contributed by atoms with Gasteiger partial charge in [-0.05, 0) is 64.0 Å². The van der Waals surface area contributed by atoms with Crippen molar-refractivity contribution in [3.8, 4) is 0 Å². The van der Waals surface area contributed by atoms with Gasteiger partial charge in [-0.2, -0.15) is 0 Å². The second-order valence-corrected chi connectivity index (χ2v) is 8.75. The maximum Gasteiger partial charge on any atom is 0.204 e. The molecule has 0 radical (unpaired) electrons. The molecule has 92 valence electrons. The third kappa shape index (κ3) is 3.31. The summed E-state index contributed by atoms with van der Waals surface area (Å²) in [6.07, 6.45) is 0.529. The zero-order valence-electron chi connectivity index (χ0n) is 9.77. The monoisotopic (exact) mass is 380 g/mol. The normalized spacial score (nSPS) is 15.0. The number of hydrogen-bond donors (Lipinski definition) is 0. The zero-order valence-corrected chi connectivity index (χ0v) is 13.6. The molecule has 1 unspecified atom stereocenters. The van der Waals surface area contributed by atoms with Crippen LogP contribution in [0.4, 0.5) is 0 Å². The molecular formula is C12H14IO2PS. The predicted octanol–water partition coefficient (Wildman–Crippen LogP) is 4.95. The van der Waals surface area contributed by atoms with E-state index in [2.05, 4.69) is 46.2 Å². The van der Waals surface area contributed by atoms with E-state index in [1.165, 1.54) is 13.7 Å². The van der Waals surface area contributed by atoms with Crippen molar-refractivity contribution >= 4 is 51.4 Å².